The Morgan fingerprint density at radius 3 is 0.161 bits per heavy atom. The van der Waals surface area contributed by atoms with Crippen molar-refractivity contribution >= 4 is 9.05 Å². The van der Waals surface area contributed by atoms with Crippen LogP contribution >= 0.6 is 0 Å². The molecular formula is H56O30Si. The lowest BCUT2D eigenvalue weighted by atomic mass is 15.7. The highest BCUT2D eigenvalue weighted by atomic mass is 28.4. The van der Waals surface area contributed by atoms with Crippen molar-refractivity contribution in [3.05, 3.63) is 0 Å². The van der Waals surface area contributed by atoms with E-state index in [0.29, 0.717) is 0 Å². The minimum atomic E-state index is -4.61. The molecule has 0 fully saturated rings. The summed E-state index contributed by atoms with van der Waals surface area (Å²) in [7, 11) is -4.61. The maximum atomic E-state index is 7.33. The Bertz CT molecular complexity index is 21.9. The first-order valence-corrected chi connectivity index (χ1v) is 2.68. The summed E-state index contributed by atoms with van der Waals surface area (Å²) < 4.78 is 0. The van der Waals surface area contributed by atoms with Gasteiger partial charge >= 0.3 is 9.05 Å². The zero-order valence-corrected chi connectivity index (χ0v) is 16.3. The van der Waals surface area contributed by atoms with Crippen LogP contribution in [-0.4, -0.2) is 171 Å². The van der Waals surface area contributed by atoms with Gasteiger partial charge in [-0.1, -0.05) is 0 Å². The maximum Gasteiger partial charge on any atom is 0.668 e. The summed E-state index contributed by atoms with van der Waals surface area (Å²) in [5, 5.41) is 0. The zero-order valence-electron chi connectivity index (χ0n) is 15.3. The monoisotopic (exact) mass is 564 g/mol. The van der Waals surface area contributed by atoms with Crippen molar-refractivity contribution in [1.82, 2.24) is 0 Å². The summed E-state index contributed by atoms with van der Waals surface area (Å²) in [5.74, 6) is 0. The van der Waals surface area contributed by atoms with Crippen LogP contribution in [0, 0.1) is 0 Å². The van der Waals surface area contributed by atoms with Gasteiger partial charge < -0.3 is 162 Å². The van der Waals surface area contributed by atoms with Crippen LogP contribution in [0.3, 0.4) is 0 Å². The summed E-state index contributed by atoms with van der Waals surface area (Å²) >= 11 is 0. The molecule has 0 spiro atoms. The molecule has 240 valence electrons. The molecule has 0 aliphatic rings. The van der Waals surface area contributed by atoms with Gasteiger partial charge in [-0.3, -0.25) is 0 Å². The molecule has 0 amide bonds. The van der Waals surface area contributed by atoms with Crippen molar-refractivity contribution in [2.24, 2.45) is 0 Å². The molecule has 0 aromatic rings. The molecule has 0 saturated heterocycles. The molecule has 0 radical (unpaired) electrons. The highest BCUT2D eigenvalue weighted by molar-refractivity contribution is 6.46. The first-order chi connectivity index (χ1) is 2.00. The van der Waals surface area contributed by atoms with Gasteiger partial charge in [0, 0.05) is 0 Å². The van der Waals surface area contributed by atoms with E-state index in [1.165, 1.54) is 0 Å². The second-order valence-corrected chi connectivity index (χ2v) is 1.80. The molecule has 0 heterocycles. The van der Waals surface area contributed by atoms with E-state index in [0.717, 1.165) is 0 Å². The molecule has 31 heavy (non-hydrogen) atoms. The molecule has 0 aliphatic heterocycles. The van der Waals surface area contributed by atoms with Crippen LogP contribution in [0.5, 0.6) is 0 Å². The van der Waals surface area contributed by atoms with Crippen molar-refractivity contribution in [3.8, 4) is 0 Å². The zero-order chi connectivity index (χ0) is 4.50. The van der Waals surface area contributed by atoms with Gasteiger partial charge in [-0.25, -0.2) is 0 Å². The standard InChI is InChI=1S/H4O4Si.26H2O/c1-5(2,3)4;;;;;;;;;;;;;;;;;;;;;;;;;;/h1-4H;26*1H2. The molecule has 0 aromatic heterocycles. The normalized spacial score (nSPS) is 1.94. The van der Waals surface area contributed by atoms with Crippen LogP contribution in [0.1, 0.15) is 0 Å². The van der Waals surface area contributed by atoms with Crippen molar-refractivity contribution in [1.29, 1.82) is 0 Å². The first-order valence-electron chi connectivity index (χ1n) is 0.894. The van der Waals surface area contributed by atoms with E-state index in [-0.39, 0.29) is 142 Å². The van der Waals surface area contributed by atoms with Gasteiger partial charge in [-0.05, 0) is 0 Å². The lowest BCUT2D eigenvalue weighted by Crippen LogP contribution is -2.33. The average Bonchev–Trinajstić information content (AvgIpc) is 0.722. The van der Waals surface area contributed by atoms with Gasteiger partial charge in [-0.15, -0.1) is 0 Å². The smallest absolute Gasteiger partial charge is 0.412 e. The maximum absolute atomic E-state index is 7.33. The van der Waals surface area contributed by atoms with Gasteiger partial charge in [0.05, 0.1) is 0 Å². The van der Waals surface area contributed by atoms with E-state index in [1.54, 1.807) is 0 Å². The lowest BCUT2D eigenvalue weighted by molar-refractivity contribution is 0.117. The van der Waals surface area contributed by atoms with Gasteiger partial charge in [-0.2, -0.15) is 0 Å². The Morgan fingerprint density at radius 1 is 0.161 bits per heavy atom. The molecule has 0 rings (SSSR count). The van der Waals surface area contributed by atoms with E-state index in [2.05, 4.69) is 0 Å². The second-order valence-electron chi connectivity index (χ2n) is 0.600. The van der Waals surface area contributed by atoms with Crippen molar-refractivity contribution in [2.45, 2.75) is 0 Å². The summed E-state index contributed by atoms with van der Waals surface area (Å²) in [4.78, 5) is 29.3. The predicted molar refractivity (Wildman–Crippen MR) is 109 cm³/mol. The number of hydrogen-bond donors (Lipinski definition) is 4. The van der Waals surface area contributed by atoms with E-state index in [9.17, 15) is 0 Å². The van der Waals surface area contributed by atoms with Crippen LogP contribution < -0.4 is 0 Å². The van der Waals surface area contributed by atoms with E-state index >= 15 is 0 Å². The average molecular weight is 565 g/mol. The summed E-state index contributed by atoms with van der Waals surface area (Å²) in [6.45, 7) is 0. The SMILES string of the molecule is O.O.O.O.O.O.O.O.O.O.O.O.O.O.O.O.O.O.O.O.O.O.O.O.O.O.O[Si](O)(O)O. The molecule has 31 heteroatoms. The predicted octanol–water partition coefficient (Wildman–Crippen LogP) is -24.1. The third-order valence-corrected chi connectivity index (χ3v) is 0. The molecule has 0 atom stereocenters. The molecule has 30 nitrogen and oxygen atoms in total. The van der Waals surface area contributed by atoms with Crippen LogP contribution in [-0.2, 0) is 0 Å². The summed E-state index contributed by atoms with van der Waals surface area (Å²) in [5.41, 5.74) is 0. The fraction of sp³-hybridized carbons (Fsp3) is 0. The number of hydrogen-bond acceptors (Lipinski definition) is 4. The largest absolute Gasteiger partial charge is 0.668 e. The molecule has 0 saturated carbocycles. The van der Waals surface area contributed by atoms with Crippen LogP contribution in [0.4, 0.5) is 0 Å². The molecule has 56 N–H and O–H groups in total. The molecule has 0 aliphatic carbocycles. The van der Waals surface area contributed by atoms with Crippen LogP contribution in [0.2, 0.25) is 0 Å². The first kappa shape index (κ1) is 2780. The highest BCUT2D eigenvalue weighted by Crippen LogP contribution is 1.67. The van der Waals surface area contributed by atoms with Crippen LogP contribution in [0.25, 0.3) is 0 Å². The minimum absolute atomic E-state index is 0. The fourth-order valence-electron chi connectivity index (χ4n) is 0. The molecule has 0 aromatic carbocycles. The van der Waals surface area contributed by atoms with Gasteiger partial charge in [0.15, 0.2) is 0 Å². The minimum Gasteiger partial charge on any atom is -0.412 e. The summed E-state index contributed by atoms with van der Waals surface area (Å²) in [6, 6.07) is 0. The van der Waals surface area contributed by atoms with E-state index < -0.39 is 9.05 Å². The Morgan fingerprint density at radius 2 is 0.161 bits per heavy atom. The van der Waals surface area contributed by atoms with Gasteiger partial charge in [0.1, 0.15) is 0 Å². The molecular weight excluding hydrogens is 508 g/mol. The highest BCUT2D eigenvalue weighted by Gasteiger charge is 2.22. The van der Waals surface area contributed by atoms with E-state index in [4.69, 9.17) is 19.2 Å². The van der Waals surface area contributed by atoms with Crippen molar-refractivity contribution in [2.75, 3.05) is 0 Å². The van der Waals surface area contributed by atoms with Gasteiger partial charge in [0.2, 0.25) is 0 Å². The third kappa shape index (κ3) is 21900. The Hall–Kier alpha value is -0.983. The van der Waals surface area contributed by atoms with Crippen molar-refractivity contribution < 1.29 is 162 Å². The van der Waals surface area contributed by atoms with Crippen LogP contribution in [0.15, 0.2) is 0 Å². The second kappa shape index (κ2) is 905. The van der Waals surface area contributed by atoms with E-state index in [1.807, 2.05) is 0 Å². The Kier molecular flexibility index (Phi) is 81100. The fourth-order valence-corrected chi connectivity index (χ4v) is 0. The number of rotatable bonds is 0. The van der Waals surface area contributed by atoms with Crippen molar-refractivity contribution in [3.63, 3.8) is 0 Å². The lowest BCUT2D eigenvalue weighted by Gasteiger charge is -1.91. The Balaban J connectivity index is -0.000000000246. The van der Waals surface area contributed by atoms with Gasteiger partial charge in [0.25, 0.3) is 0 Å². The molecule has 0 bridgehead atoms. The third-order valence-electron chi connectivity index (χ3n) is 0. The Labute approximate surface area is 172 Å². The summed E-state index contributed by atoms with van der Waals surface area (Å²) in [6.07, 6.45) is 0. The quantitative estimate of drug-likeness (QED) is 0.208. The topological polar surface area (TPSA) is 900 Å². The molecule has 0 unspecified atom stereocenters.